The van der Waals surface area contributed by atoms with Gasteiger partial charge in [-0.2, -0.15) is 0 Å². The molecule has 2 bridgehead atoms. The molecule has 0 fully saturated rings. The van der Waals surface area contributed by atoms with E-state index in [9.17, 15) is 9.59 Å². The van der Waals surface area contributed by atoms with Crippen LogP contribution >= 0.6 is 0 Å². The van der Waals surface area contributed by atoms with Gasteiger partial charge in [-0.3, -0.25) is 10.1 Å². The maximum Gasteiger partial charge on any atom is 0.411 e. The van der Waals surface area contributed by atoms with E-state index < -0.39 is 6.09 Å². The molecule has 138 valence electrons. The maximum atomic E-state index is 12.2. The van der Waals surface area contributed by atoms with Gasteiger partial charge in [-0.1, -0.05) is 12.8 Å². The van der Waals surface area contributed by atoms with Crippen molar-refractivity contribution in [3.8, 4) is 11.5 Å². The van der Waals surface area contributed by atoms with Gasteiger partial charge in [0.2, 0.25) is 17.7 Å². The molecular formula is C17H21N5O4. The zero-order valence-electron chi connectivity index (χ0n) is 14.4. The van der Waals surface area contributed by atoms with Crippen molar-refractivity contribution in [1.29, 1.82) is 0 Å². The molecule has 1 aliphatic rings. The van der Waals surface area contributed by atoms with Gasteiger partial charge in [0, 0.05) is 12.1 Å². The fraction of sp³-hybridized carbons (Fsp3) is 0.412. The average Bonchev–Trinajstić information content (AvgIpc) is 3.11. The van der Waals surface area contributed by atoms with Crippen LogP contribution < -0.4 is 16.4 Å². The van der Waals surface area contributed by atoms with Gasteiger partial charge < -0.3 is 20.2 Å². The summed E-state index contributed by atoms with van der Waals surface area (Å²) in [5.74, 6) is 0.507. The van der Waals surface area contributed by atoms with Gasteiger partial charge in [-0.25, -0.2) is 4.79 Å². The number of carbonyl (C=O) groups excluding carboxylic acids is 2. The third kappa shape index (κ3) is 4.17. The summed E-state index contributed by atoms with van der Waals surface area (Å²) in [4.78, 5) is 23.7. The lowest BCUT2D eigenvalue weighted by Gasteiger charge is -2.11. The van der Waals surface area contributed by atoms with Crippen LogP contribution in [-0.4, -0.2) is 29.3 Å². The van der Waals surface area contributed by atoms with E-state index in [1.165, 1.54) is 7.11 Å². The lowest BCUT2D eigenvalue weighted by atomic mass is 10.1. The van der Waals surface area contributed by atoms with Crippen molar-refractivity contribution in [3.63, 3.8) is 0 Å². The number of carbonyl (C=O) groups is 2. The summed E-state index contributed by atoms with van der Waals surface area (Å²) < 4.78 is 10.3. The Morgan fingerprint density at radius 1 is 1.35 bits per heavy atom. The van der Waals surface area contributed by atoms with E-state index in [-0.39, 0.29) is 17.8 Å². The monoisotopic (exact) mass is 359 g/mol. The number of rotatable bonds is 1. The van der Waals surface area contributed by atoms with Crippen LogP contribution in [0.5, 0.6) is 0 Å². The second-order valence-corrected chi connectivity index (χ2v) is 6.08. The molecule has 9 nitrogen and oxygen atoms in total. The standard InChI is InChI=1S/C17H21N5O4/c1-25-17(24)19-10-7-8-11-13(9-10)20-14(23)6-4-2-3-5-12(18)16-22-21-15(11)26-16/h7-9,12H,2-6,18H2,1H3,(H,19,24)(H,20,23). The van der Waals surface area contributed by atoms with E-state index in [1.807, 2.05) is 0 Å². The lowest BCUT2D eigenvalue weighted by molar-refractivity contribution is -0.116. The Kier molecular flexibility index (Phi) is 5.47. The zero-order valence-corrected chi connectivity index (χ0v) is 14.4. The predicted molar refractivity (Wildman–Crippen MR) is 94.4 cm³/mol. The third-order valence-corrected chi connectivity index (χ3v) is 4.13. The first kappa shape index (κ1) is 17.9. The molecule has 3 rings (SSSR count). The number of fused-ring (bicyclic) bond motifs is 4. The zero-order chi connectivity index (χ0) is 18.5. The van der Waals surface area contributed by atoms with Crippen molar-refractivity contribution in [3.05, 3.63) is 24.1 Å². The topological polar surface area (TPSA) is 132 Å². The Bertz CT molecular complexity index is 804. The number of nitrogens with two attached hydrogens (primary N) is 1. The molecular weight excluding hydrogens is 338 g/mol. The quantitative estimate of drug-likeness (QED) is 0.713. The summed E-state index contributed by atoms with van der Waals surface area (Å²) in [5, 5.41) is 13.5. The van der Waals surface area contributed by atoms with Crippen molar-refractivity contribution in [2.45, 2.75) is 38.1 Å². The summed E-state index contributed by atoms with van der Waals surface area (Å²) >= 11 is 0. The Morgan fingerprint density at radius 2 is 2.19 bits per heavy atom. The number of ether oxygens (including phenoxy) is 1. The molecule has 2 aromatic rings. The highest BCUT2D eigenvalue weighted by Gasteiger charge is 2.19. The van der Waals surface area contributed by atoms with Crippen molar-refractivity contribution in [2.75, 3.05) is 17.7 Å². The van der Waals surface area contributed by atoms with E-state index in [1.54, 1.807) is 18.2 Å². The number of hydrogen-bond acceptors (Lipinski definition) is 7. The molecule has 0 aliphatic carbocycles. The minimum atomic E-state index is -0.605. The largest absolute Gasteiger partial charge is 0.453 e. The minimum absolute atomic E-state index is 0.121. The third-order valence-electron chi connectivity index (χ3n) is 4.13. The Morgan fingerprint density at radius 3 is 3.00 bits per heavy atom. The summed E-state index contributed by atoms with van der Waals surface area (Å²) in [6.45, 7) is 0. The fourth-order valence-corrected chi connectivity index (χ4v) is 2.74. The first-order valence-corrected chi connectivity index (χ1v) is 8.45. The normalized spacial score (nSPS) is 17.8. The Labute approximate surface area is 150 Å². The number of amides is 2. The van der Waals surface area contributed by atoms with Crippen LogP contribution in [0.4, 0.5) is 16.2 Å². The van der Waals surface area contributed by atoms with E-state index >= 15 is 0 Å². The van der Waals surface area contributed by atoms with Crippen LogP contribution in [0.15, 0.2) is 22.6 Å². The maximum absolute atomic E-state index is 12.2. The van der Waals surface area contributed by atoms with Crippen molar-refractivity contribution >= 4 is 23.4 Å². The SMILES string of the molecule is COC(=O)Nc1ccc2c(c1)NC(=O)CCCCCC(N)c1nnc-2o1. The summed E-state index contributed by atoms with van der Waals surface area (Å²) in [7, 11) is 1.27. The summed E-state index contributed by atoms with van der Waals surface area (Å²) in [5.41, 5.74) is 7.59. The number of hydrogen-bond donors (Lipinski definition) is 3. The van der Waals surface area contributed by atoms with Gasteiger partial charge in [0.15, 0.2) is 0 Å². The lowest BCUT2D eigenvalue weighted by Crippen LogP contribution is -2.14. The molecule has 1 unspecified atom stereocenters. The molecule has 1 atom stereocenters. The summed E-state index contributed by atoms with van der Waals surface area (Å²) in [6, 6.07) is 4.63. The molecule has 2 heterocycles. The van der Waals surface area contributed by atoms with Crippen LogP contribution in [0.3, 0.4) is 0 Å². The second kappa shape index (κ2) is 7.96. The molecule has 1 aromatic carbocycles. The summed E-state index contributed by atoms with van der Waals surface area (Å²) in [6.07, 6.45) is 3.05. The van der Waals surface area contributed by atoms with Gasteiger partial charge in [-0.05, 0) is 31.0 Å². The van der Waals surface area contributed by atoms with Gasteiger partial charge in [0.05, 0.1) is 24.4 Å². The number of anilines is 2. The van der Waals surface area contributed by atoms with Gasteiger partial charge in [-0.15, -0.1) is 10.2 Å². The highest BCUT2D eigenvalue weighted by Crippen LogP contribution is 2.32. The van der Waals surface area contributed by atoms with Crippen LogP contribution in [0, 0.1) is 0 Å². The van der Waals surface area contributed by atoms with Crippen LogP contribution in [0.1, 0.15) is 44.0 Å². The second-order valence-electron chi connectivity index (χ2n) is 6.08. The molecule has 0 spiro atoms. The van der Waals surface area contributed by atoms with Crippen molar-refractivity contribution in [1.82, 2.24) is 10.2 Å². The minimum Gasteiger partial charge on any atom is -0.453 e. The van der Waals surface area contributed by atoms with Crippen LogP contribution in [0.2, 0.25) is 0 Å². The molecule has 1 aliphatic heterocycles. The number of benzene rings is 1. The van der Waals surface area contributed by atoms with E-state index in [0.29, 0.717) is 29.2 Å². The molecule has 0 saturated carbocycles. The number of nitrogens with one attached hydrogen (secondary N) is 2. The Balaban J connectivity index is 1.98. The van der Waals surface area contributed by atoms with Crippen molar-refractivity contribution < 1.29 is 18.7 Å². The van der Waals surface area contributed by atoms with Crippen LogP contribution in [0.25, 0.3) is 11.5 Å². The molecule has 26 heavy (non-hydrogen) atoms. The first-order chi connectivity index (χ1) is 12.6. The molecule has 0 radical (unpaired) electrons. The molecule has 1 aromatic heterocycles. The van der Waals surface area contributed by atoms with Gasteiger partial charge >= 0.3 is 6.09 Å². The van der Waals surface area contributed by atoms with Gasteiger partial charge in [0.25, 0.3) is 0 Å². The van der Waals surface area contributed by atoms with E-state index in [4.69, 9.17) is 10.2 Å². The first-order valence-electron chi connectivity index (χ1n) is 8.45. The van der Waals surface area contributed by atoms with E-state index in [2.05, 4.69) is 25.6 Å². The Hall–Kier alpha value is -2.94. The number of aromatic nitrogens is 2. The molecule has 0 saturated heterocycles. The predicted octanol–water partition coefficient (Wildman–Crippen LogP) is 2.82. The van der Waals surface area contributed by atoms with Crippen molar-refractivity contribution in [2.24, 2.45) is 5.73 Å². The molecule has 2 amide bonds. The van der Waals surface area contributed by atoms with Crippen LogP contribution in [-0.2, 0) is 9.53 Å². The molecule has 4 N–H and O–H groups in total. The highest BCUT2D eigenvalue weighted by atomic mass is 16.5. The van der Waals surface area contributed by atoms with Gasteiger partial charge in [0.1, 0.15) is 0 Å². The average molecular weight is 359 g/mol. The number of methoxy groups -OCH3 is 1. The fourth-order valence-electron chi connectivity index (χ4n) is 2.74. The molecule has 9 heteroatoms. The smallest absolute Gasteiger partial charge is 0.411 e. The van der Waals surface area contributed by atoms with E-state index in [0.717, 1.165) is 25.7 Å². The number of nitrogens with zero attached hydrogens (tertiary/aromatic N) is 2. The highest BCUT2D eigenvalue weighted by molar-refractivity contribution is 5.96.